The van der Waals surface area contributed by atoms with Crippen LogP contribution in [-0.4, -0.2) is 48.2 Å². The Balaban J connectivity index is 1.48. The Labute approximate surface area is 159 Å². The van der Waals surface area contributed by atoms with Gasteiger partial charge in [-0.2, -0.15) is 0 Å². The predicted octanol–water partition coefficient (Wildman–Crippen LogP) is 3.31. The van der Waals surface area contributed by atoms with E-state index in [1.807, 2.05) is 23.1 Å². The minimum atomic E-state index is 0.0609. The maximum atomic E-state index is 13.2. The van der Waals surface area contributed by atoms with Gasteiger partial charge in [0.1, 0.15) is 11.9 Å². The molecule has 3 heterocycles. The molecule has 27 heavy (non-hydrogen) atoms. The van der Waals surface area contributed by atoms with Crippen LogP contribution in [0.1, 0.15) is 36.0 Å². The second kappa shape index (κ2) is 7.47. The van der Waals surface area contributed by atoms with Gasteiger partial charge >= 0.3 is 0 Å². The molecule has 2 fully saturated rings. The van der Waals surface area contributed by atoms with Gasteiger partial charge in [-0.1, -0.05) is 0 Å². The van der Waals surface area contributed by atoms with E-state index >= 15 is 0 Å². The average molecular weight is 368 g/mol. The fourth-order valence-corrected chi connectivity index (χ4v) is 4.28. The van der Waals surface area contributed by atoms with Crippen LogP contribution in [0.4, 0.5) is 0 Å². The Bertz CT molecular complexity index is 797. The molecule has 0 saturated carbocycles. The van der Waals surface area contributed by atoms with E-state index in [1.54, 1.807) is 38.7 Å². The molecule has 142 valence electrons. The zero-order chi connectivity index (χ0) is 18.8. The van der Waals surface area contributed by atoms with Gasteiger partial charge < -0.3 is 19.1 Å². The molecule has 0 N–H and O–H groups in total. The van der Waals surface area contributed by atoms with Crippen molar-refractivity contribution in [2.45, 2.75) is 43.9 Å². The largest absolute Gasteiger partial charge is 0.493 e. The number of pyridine rings is 1. The van der Waals surface area contributed by atoms with Gasteiger partial charge in [-0.15, -0.1) is 0 Å². The molecule has 2 aliphatic heterocycles. The molecule has 1 aromatic carbocycles. The van der Waals surface area contributed by atoms with Crippen molar-refractivity contribution < 1.29 is 19.0 Å². The van der Waals surface area contributed by atoms with Gasteiger partial charge in [0.05, 0.1) is 14.2 Å². The highest BCUT2D eigenvalue weighted by Gasteiger charge is 2.44. The van der Waals surface area contributed by atoms with Crippen molar-refractivity contribution in [3.63, 3.8) is 0 Å². The second-order valence-corrected chi connectivity index (χ2v) is 7.06. The molecule has 0 spiro atoms. The zero-order valence-corrected chi connectivity index (χ0v) is 15.6. The number of aromatic nitrogens is 1. The zero-order valence-electron chi connectivity index (χ0n) is 15.6. The van der Waals surface area contributed by atoms with Crippen molar-refractivity contribution in [2.75, 3.05) is 14.2 Å². The molecule has 2 aliphatic rings. The monoisotopic (exact) mass is 368 g/mol. The first kappa shape index (κ1) is 17.6. The van der Waals surface area contributed by atoms with E-state index < -0.39 is 0 Å². The van der Waals surface area contributed by atoms with Gasteiger partial charge in [0.2, 0.25) is 0 Å². The molecule has 4 rings (SSSR count). The smallest absolute Gasteiger partial charge is 0.254 e. The Morgan fingerprint density at radius 2 is 1.67 bits per heavy atom. The molecular weight excluding hydrogens is 344 g/mol. The molecule has 2 atom stereocenters. The lowest BCUT2D eigenvalue weighted by molar-refractivity contribution is 0.0358. The standard InChI is InChI=1S/C21H24N2O4/c1-25-19-6-3-14(11-20(19)26-2)21(24)23-15-4-5-16(23)13-18(12-15)27-17-7-9-22-10-8-17/h3,6-11,15-16,18H,4-5,12-13H2,1-2H3. The molecule has 2 aromatic rings. The third-order valence-corrected chi connectivity index (χ3v) is 5.51. The van der Waals surface area contributed by atoms with Crippen molar-refractivity contribution in [3.05, 3.63) is 48.3 Å². The van der Waals surface area contributed by atoms with Crippen molar-refractivity contribution in [1.29, 1.82) is 0 Å². The molecule has 0 aliphatic carbocycles. The van der Waals surface area contributed by atoms with Crippen LogP contribution in [0.2, 0.25) is 0 Å². The number of carbonyl (C=O) groups excluding carboxylic acids is 1. The first-order chi connectivity index (χ1) is 13.2. The molecule has 6 heteroatoms. The minimum absolute atomic E-state index is 0.0609. The molecule has 2 saturated heterocycles. The summed E-state index contributed by atoms with van der Waals surface area (Å²) >= 11 is 0. The first-order valence-corrected chi connectivity index (χ1v) is 9.31. The van der Waals surface area contributed by atoms with Crippen molar-refractivity contribution in [1.82, 2.24) is 9.88 Å². The second-order valence-electron chi connectivity index (χ2n) is 7.06. The lowest BCUT2D eigenvalue weighted by Crippen LogP contribution is -2.49. The number of rotatable bonds is 5. The molecule has 2 unspecified atom stereocenters. The third kappa shape index (κ3) is 3.44. The van der Waals surface area contributed by atoms with E-state index in [4.69, 9.17) is 14.2 Å². The van der Waals surface area contributed by atoms with E-state index in [2.05, 4.69) is 4.98 Å². The number of hydrogen-bond donors (Lipinski definition) is 0. The highest BCUT2D eigenvalue weighted by Crippen LogP contribution is 2.39. The maximum absolute atomic E-state index is 13.2. The summed E-state index contributed by atoms with van der Waals surface area (Å²) < 4.78 is 16.7. The Morgan fingerprint density at radius 3 is 2.30 bits per heavy atom. The Hall–Kier alpha value is -2.76. The molecule has 6 nitrogen and oxygen atoms in total. The van der Waals surface area contributed by atoms with Crippen LogP contribution < -0.4 is 14.2 Å². The summed E-state index contributed by atoms with van der Waals surface area (Å²) in [6.07, 6.45) is 7.38. The number of amides is 1. The van der Waals surface area contributed by atoms with Gasteiger partial charge in [0, 0.05) is 42.9 Å². The van der Waals surface area contributed by atoms with Crippen molar-refractivity contribution in [3.8, 4) is 17.2 Å². The van der Waals surface area contributed by atoms with Gasteiger partial charge in [0.25, 0.3) is 5.91 Å². The summed E-state index contributed by atoms with van der Waals surface area (Å²) in [5.74, 6) is 2.10. The number of fused-ring (bicyclic) bond motifs is 2. The molecule has 0 radical (unpaired) electrons. The number of methoxy groups -OCH3 is 2. The van der Waals surface area contributed by atoms with E-state index in [9.17, 15) is 4.79 Å². The number of nitrogens with zero attached hydrogens (tertiary/aromatic N) is 2. The maximum Gasteiger partial charge on any atom is 0.254 e. The Morgan fingerprint density at radius 1 is 1.00 bits per heavy atom. The van der Waals surface area contributed by atoms with Gasteiger partial charge in [-0.3, -0.25) is 9.78 Å². The van der Waals surface area contributed by atoms with Crippen LogP contribution in [0, 0.1) is 0 Å². The lowest BCUT2D eigenvalue weighted by atomic mass is 9.98. The normalized spacial score (nSPS) is 23.8. The molecule has 1 aromatic heterocycles. The fraction of sp³-hybridized carbons (Fsp3) is 0.429. The topological polar surface area (TPSA) is 60.9 Å². The summed E-state index contributed by atoms with van der Waals surface area (Å²) in [5.41, 5.74) is 0.637. The van der Waals surface area contributed by atoms with Gasteiger partial charge in [-0.25, -0.2) is 0 Å². The first-order valence-electron chi connectivity index (χ1n) is 9.31. The van der Waals surface area contributed by atoms with Crippen molar-refractivity contribution >= 4 is 5.91 Å². The SMILES string of the molecule is COc1ccc(C(=O)N2C3CCC2CC(Oc2ccncc2)C3)cc1OC. The number of benzene rings is 1. The predicted molar refractivity (Wildman–Crippen MR) is 100 cm³/mol. The number of ether oxygens (including phenoxy) is 3. The van der Waals surface area contributed by atoms with E-state index in [0.717, 1.165) is 31.4 Å². The van der Waals surface area contributed by atoms with E-state index in [0.29, 0.717) is 17.1 Å². The summed E-state index contributed by atoms with van der Waals surface area (Å²) in [5, 5.41) is 0. The van der Waals surface area contributed by atoms with E-state index in [-0.39, 0.29) is 24.1 Å². The quantitative estimate of drug-likeness (QED) is 0.810. The van der Waals surface area contributed by atoms with Gasteiger partial charge in [-0.05, 0) is 43.2 Å². The summed E-state index contributed by atoms with van der Waals surface area (Å²) in [7, 11) is 3.17. The summed E-state index contributed by atoms with van der Waals surface area (Å²) in [4.78, 5) is 19.2. The highest BCUT2D eigenvalue weighted by molar-refractivity contribution is 5.95. The third-order valence-electron chi connectivity index (χ3n) is 5.51. The summed E-state index contributed by atoms with van der Waals surface area (Å²) in [6, 6.07) is 9.55. The summed E-state index contributed by atoms with van der Waals surface area (Å²) in [6.45, 7) is 0. The fourth-order valence-electron chi connectivity index (χ4n) is 4.28. The van der Waals surface area contributed by atoms with Crippen LogP contribution >= 0.6 is 0 Å². The van der Waals surface area contributed by atoms with Gasteiger partial charge in [0.15, 0.2) is 11.5 Å². The average Bonchev–Trinajstić information content (AvgIpc) is 2.98. The van der Waals surface area contributed by atoms with E-state index in [1.165, 1.54) is 0 Å². The number of piperidine rings is 1. The number of hydrogen-bond acceptors (Lipinski definition) is 5. The van der Waals surface area contributed by atoms with Crippen LogP contribution in [-0.2, 0) is 0 Å². The Kier molecular flexibility index (Phi) is 4.88. The van der Waals surface area contributed by atoms with Crippen LogP contribution in [0.3, 0.4) is 0 Å². The van der Waals surface area contributed by atoms with Crippen LogP contribution in [0.15, 0.2) is 42.7 Å². The van der Waals surface area contributed by atoms with Crippen LogP contribution in [0.5, 0.6) is 17.2 Å². The van der Waals surface area contributed by atoms with Crippen molar-refractivity contribution in [2.24, 2.45) is 0 Å². The highest BCUT2D eigenvalue weighted by atomic mass is 16.5. The minimum Gasteiger partial charge on any atom is -0.493 e. The molecule has 2 bridgehead atoms. The van der Waals surface area contributed by atoms with Crippen LogP contribution in [0.25, 0.3) is 0 Å². The number of carbonyl (C=O) groups is 1. The molecule has 1 amide bonds. The molecular formula is C21H24N2O4. The lowest BCUT2D eigenvalue weighted by Gasteiger charge is -2.39.